The average molecular weight is 265 g/mol. The lowest BCUT2D eigenvalue weighted by atomic mass is 9.89. The van der Waals surface area contributed by atoms with Crippen LogP contribution >= 0.6 is 0 Å². The van der Waals surface area contributed by atoms with Crippen molar-refractivity contribution in [3.63, 3.8) is 0 Å². The number of nitrogens with zero attached hydrogens (tertiary/aromatic N) is 2. The number of hydrogen-bond donors (Lipinski definition) is 1. The lowest BCUT2D eigenvalue weighted by Gasteiger charge is -2.22. The Kier molecular flexibility index (Phi) is 3.12. The first-order chi connectivity index (χ1) is 9.15. The van der Waals surface area contributed by atoms with E-state index in [0.29, 0.717) is 18.0 Å². The minimum absolute atomic E-state index is 0.162. The van der Waals surface area contributed by atoms with Crippen molar-refractivity contribution in [2.45, 2.75) is 38.6 Å². The molecule has 1 heterocycles. The zero-order valence-electron chi connectivity index (χ0n) is 10.7. The van der Waals surface area contributed by atoms with Crippen LogP contribution in [0.25, 0.3) is 11.0 Å². The van der Waals surface area contributed by atoms with Crippen molar-refractivity contribution in [2.75, 3.05) is 5.73 Å². The zero-order valence-corrected chi connectivity index (χ0v) is 10.7. The van der Waals surface area contributed by atoms with Gasteiger partial charge in [-0.1, -0.05) is 19.3 Å². The van der Waals surface area contributed by atoms with Crippen molar-refractivity contribution in [3.8, 4) is 0 Å². The van der Waals surface area contributed by atoms with Crippen molar-refractivity contribution in [2.24, 2.45) is 5.92 Å². The Labute approximate surface area is 110 Å². The molecule has 1 aromatic heterocycles. The summed E-state index contributed by atoms with van der Waals surface area (Å²) in [7, 11) is 0. The molecule has 0 bridgehead atoms. The Hall–Kier alpha value is -1.65. The maximum atomic E-state index is 13.6. The lowest BCUT2D eigenvalue weighted by molar-refractivity contribution is 0.323. The van der Waals surface area contributed by atoms with E-state index in [-0.39, 0.29) is 11.5 Å². The summed E-state index contributed by atoms with van der Waals surface area (Å²) >= 11 is 0. The lowest BCUT2D eigenvalue weighted by Crippen LogP contribution is -2.15. The van der Waals surface area contributed by atoms with Gasteiger partial charge in [0.2, 0.25) is 5.95 Å². The summed E-state index contributed by atoms with van der Waals surface area (Å²) in [6, 6.07) is 2.16. The summed E-state index contributed by atoms with van der Waals surface area (Å²) in [5.41, 5.74) is 6.47. The van der Waals surface area contributed by atoms with Gasteiger partial charge in [-0.15, -0.1) is 0 Å². The minimum atomic E-state index is -0.649. The monoisotopic (exact) mass is 265 g/mol. The van der Waals surface area contributed by atoms with E-state index >= 15 is 0 Å². The topological polar surface area (TPSA) is 43.8 Å². The van der Waals surface area contributed by atoms with Crippen molar-refractivity contribution < 1.29 is 8.78 Å². The Morgan fingerprint density at radius 1 is 1.21 bits per heavy atom. The first-order valence-corrected chi connectivity index (χ1v) is 6.76. The fourth-order valence-electron chi connectivity index (χ4n) is 2.99. The van der Waals surface area contributed by atoms with Gasteiger partial charge in [0.25, 0.3) is 0 Å². The van der Waals surface area contributed by atoms with Gasteiger partial charge in [-0.25, -0.2) is 13.8 Å². The van der Waals surface area contributed by atoms with Gasteiger partial charge < -0.3 is 10.3 Å². The van der Waals surface area contributed by atoms with Gasteiger partial charge in [0.05, 0.1) is 5.52 Å². The molecule has 2 aromatic rings. The second-order valence-electron chi connectivity index (χ2n) is 5.34. The zero-order chi connectivity index (χ0) is 13.4. The molecule has 1 fully saturated rings. The Morgan fingerprint density at radius 2 is 1.95 bits per heavy atom. The van der Waals surface area contributed by atoms with Crippen LogP contribution in [0, 0.1) is 17.6 Å². The second kappa shape index (κ2) is 4.79. The Morgan fingerprint density at radius 3 is 2.68 bits per heavy atom. The molecule has 1 aromatic carbocycles. The van der Waals surface area contributed by atoms with Crippen LogP contribution in [0.3, 0.4) is 0 Å². The van der Waals surface area contributed by atoms with E-state index in [1.54, 1.807) is 4.57 Å². The minimum Gasteiger partial charge on any atom is -0.369 e. The number of nitrogen functional groups attached to an aromatic ring is 1. The number of aromatic nitrogens is 2. The summed E-state index contributed by atoms with van der Waals surface area (Å²) in [6.07, 6.45) is 6.02. The smallest absolute Gasteiger partial charge is 0.201 e. The van der Waals surface area contributed by atoms with Crippen LogP contribution in [0.4, 0.5) is 14.7 Å². The molecule has 0 aliphatic heterocycles. The highest BCUT2D eigenvalue weighted by atomic mass is 19.1. The number of rotatable bonds is 2. The number of fused-ring (bicyclic) bond motifs is 1. The van der Waals surface area contributed by atoms with Crippen LogP contribution in [0.1, 0.15) is 32.1 Å². The number of halogens is 2. The van der Waals surface area contributed by atoms with Gasteiger partial charge in [0.1, 0.15) is 11.3 Å². The molecular weight excluding hydrogens is 248 g/mol. The van der Waals surface area contributed by atoms with E-state index in [0.717, 1.165) is 18.9 Å². The second-order valence-corrected chi connectivity index (χ2v) is 5.34. The molecular formula is C14H17F2N3. The van der Waals surface area contributed by atoms with E-state index in [9.17, 15) is 8.78 Å². The third kappa shape index (κ3) is 2.29. The molecule has 2 N–H and O–H groups in total. The normalized spacial score (nSPS) is 17.2. The Balaban J connectivity index is 1.99. The van der Waals surface area contributed by atoms with Crippen LogP contribution in [0.5, 0.6) is 0 Å². The molecule has 5 heteroatoms. The molecule has 0 radical (unpaired) electrons. The predicted molar refractivity (Wildman–Crippen MR) is 70.6 cm³/mol. The van der Waals surface area contributed by atoms with E-state index in [2.05, 4.69) is 4.98 Å². The largest absolute Gasteiger partial charge is 0.369 e. The fraction of sp³-hybridized carbons (Fsp3) is 0.500. The molecule has 0 amide bonds. The van der Waals surface area contributed by atoms with Crippen molar-refractivity contribution in [1.82, 2.24) is 9.55 Å². The van der Waals surface area contributed by atoms with Crippen LogP contribution in [-0.4, -0.2) is 9.55 Å². The van der Waals surface area contributed by atoms with Crippen molar-refractivity contribution in [3.05, 3.63) is 23.8 Å². The molecule has 0 unspecified atom stereocenters. The number of imidazole rings is 1. The molecule has 0 atom stereocenters. The highest BCUT2D eigenvalue weighted by Gasteiger charge is 2.19. The number of anilines is 1. The van der Waals surface area contributed by atoms with Crippen molar-refractivity contribution >= 4 is 17.0 Å². The van der Waals surface area contributed by atoms with E-state index in [1.807, 2.05) is 0 Å². The first-order valence-electron chi connectivity index (χ1n) is 6.76. The summed E-state index contributed by atoms with van der Waals surface area (Å²) in [4.78, 5) is 4.02. The summed E-state index contributed by atoms with van der Waals surface area (Å²) in [5.74, 6) is -0.441. The molecule has 1 aliphatic rings. The Bertz CT molecular complexity index is 600. The third-order valence-electron chi connectivity index (χ3n) is 3.97. The molecule has 1 aliphatic carbocycles. The van der Waals surface area contributed by atoms with Gasteiger partial charge in [-0.05, 0) is 18.8 Å². The highest BCUT2D eigenvalue weighted by molar-refractivity contribution is 5.79. The predicted octanol–water partition coefficient (Wildman–Crippen LogP) is 3.48. The van der Waals surface area contributed by atoms with E-state index < -0.39 is 11.6 Å². The number of nitrogens with two attached hydrogens (primary N) is 1. The van der Waals surface area contributed by atoms with Crippen LogP contribution in [0.2, 0.25) is 0 Å². The highest BCUT2D eigenvalue weighted by Crippen LogP contribution is 2.29. The van der Waals surface area contributed by atoms with E-state index in [4.69, 9.17) is 5.73 Å². The standard InChI is InChI=1S/C14H17F2N3/c15-10-6-11(16)13-12(7-10)19(14(17)18-13)8-9-4-2-1-3-5-9/h6-7,9H,1-5,8H2,(H2,17,18). The maximum absolute atomic E-state index is 13.6. The van der Waals surface area contributed by atoms with Gasteiger partial charge in [-0.3, -0.25) is 0 Å². The third-order valence-corrected chi connectivity index (χ3v) is 3.97. The summed E-state index contributed by atoms with van der Waals surface area (Å²) < 4.78 is 28.7. The molecule has 19 heavy (non-hydrogen) atoms. The van der Waals surface area contributed by atoms with Crippen molar-refractivity contribution in [1.29, 1.82) is 0 Å². The maximum Gasteiger partial charge on any atom is 0.201 e. The molecule has 3 rings (SSSR count). The van der Waals surface area contributed by atoms with Gasteiger partial charge >= 0.3 is 0 Å². The van der Waals surface area contributed by atoms with Crippen LogP contribution < -0.4 is 5.73 Å². The van der Waals surface area contributed by atoms with E-state index in [1.165, 1.54) is 25.3 Å². The first kappa shape index (κ1) is 12.4. The van der Waals surface area contributed by atoms with Crippen LogP contribution in [-0.2, 0) is 6.54 Å². The SMILES string of the molecule is Nc1nc2c(F)cc(F)cc2n1CC1CCCCC1. The van der Waals surface area contributed by atoms with Gasteiger partial charge in [-0.2, -0.15) is 0 Å². The quantitative estimate of drug-likeness (QED) is 0.903. The summed E-state index contributed by atoms with van der Waals surface area (Å²) in [5, 5.41) is 0. The molecule has 0 spiro atoms. The molecule has 0 saturated heterocycles. The molecule has 1 saturated carbocycles. The van der Waals surface area contributed by atoms with Gasteiger partial charge in [0.15, 0.2) is 5.82 Å². The fourth-order valence-corrected chi connectivity index (χ4v) is 2.99. The summed E-state index contributed by atoms with van der Waals surface area (Å²) in [6.45, 7) is 0.700. The van der Waals surface area contributed by atoms with Gasteiger partial charge in [0, 0.05) is 18.7 Å². The molecule has 3 nitrogen and oxygen atoms in total. The number of benzene rings is 1. The number of hydrogen-bond acceptors (Lipinski definition) is 2. The molecule has 102 valence electrons. The average Bonchev–Trinajstić information content (AvgIpc) is 2.69. The van der Waals surface area contributed by atoms with Crippen LogP contribution in [0.15, 0.2) is 12.1 Å².